The maximum atomic E-state index is 5.78. The summed E-state index contributed by atoms with van der Waals surface area (Å²) in [7, 11) is 0. The summed E-state index contributed by atoms with van der Waals surface area (Å²) in [6, 6.07) is 10.2. The summed E-state index contributed by atoms with van der Waals surface area (Å²) in [5.74, 6) is 1.06. The van der Waals surface area contributed by atoms with Crippen molar-refractivity contribution in [1.29, 1.82) is 0 Å². The molecule has 84 valence electrons. The van der Waals surface area contributed by atoms with Crippen molar-refractivity contribution in [1.82, 2.24) is 20.6 Å². The van der Waals surface area contributed by atoms with Crippen LogP contribution in [0.3, 0.4) is 0 Å². The molecule has 2 unspecified atom stereocenters. The first-order valence-corrected chi connectivity index (χ1v) is 5.31. The second-order valence-corrected chi connectivity index (χ2v) is 3.81. The first kappa shape index (κ1) is 10.8. The predicted octanol–water partition coefficient (Wildman–Crippen LogP) is 1.05. The summed E-state index contributed by atoms with van der Waals surface area (Å²) in [5, 5.41) is 14.1. The van der Waals surface area contributed by atoms with Gasteiger partial charge in [0, 0.05) is 12.5 Å². The smallest absolute Gasteiger partial charge is 0.179 e. The Kier molecular flexibility index (Phi) is 3.26. The molecule has 1 heterocycles. The van der Waals surface area contributed by atoms with Crippen LogP contribution in [0.25, 0.3) is 0 Å². The van der Waals surface area contributed by atoms with Gasteiger partial charge in [0.2, 0.25) is 0 Å². The lowest BCUT2D eigenvalue weighted by Crippen LogP contribution is -2.19. The largest absolute Gasteiger partial charge is 0.330 e. The van der Waals surface area contributed by atoms with E-state index in [1.165, 1.54) is 5.56 Å². The van der Waals surface area contributed by atoms with Gasteiger partial charge in [-0.05, 0) is 11.5 Å². The van der Waals surface area contributed by atoms with E-state index < -0.39 is 0 Å². The van der Waals surface area contributed by atoms with Gasteiger partial charge in [-0.3, -0.25) is 0 Å². The van der Waals surface area contributed by atoms with Crippen molar-refractivity contribution in [2.45, 2.75) is 18.8 Å². The number of nitrogens with zero attached hydrogens (tertiary/aromatic N) is 3. The van der Waals surface area contributed by atoms with Crippen LogP contribution in [-0.2, 0) is 0 Å². The minimum atomic E-state index is 0.0983. The Bertz CT molecular complexity index is 411. The highest BCUT2D eigenvalue weighted by molar-refractivity contribution is 5.22. The maximum absolute atomic E-state index is 5.78. The minimum absolute atomic E-state index is 0.0983. The Hall–Kier alpha value is -1.75. The van der Waals surface area contributed by atoms with Crippen LogP contribution in [0.2, 0.25) is 0 Å². The van der Waals surface area contributed by atoms with Crippen molar-refractivity contribution in [3.05, 3.63) is 41.7 Å². The fourth-order valence-corrected chi connectivity index (χ4v) is 1.85. The lowest BCUT2D eigenvalue weighted by molar-refractivity contribution is 0.555. The van der Waals surface area contributed by atoms with E-state index in [9.17, 15) is 0 Å². The van der Waals surface area contributed by atoms with Crippen molar-refractivity contribution in [3.63, 3.8) is 0 Å². The first-order chi connectivity index (χ1) is 7.83. The van der Waals surface area contributed by atoms with Crippen molar-refractivity contribution in [2.24, 2.45) is 5.73 Å². The van der Waals surface area contributed by atoms with Crippen molar-refractivity contribution in [2.75, 3.05) is 6.54 Å². The molecular formula is C11H15N5. The molecule has 0 radical (unpaired) electrons. The Morgan fingerprint density at radius 2 is 2.06 bits per heavy atom. The van der Waals surface area contributed by atoms with E-state index in [1.54, 1.807) is 0 Å². The van der Waals surface area contributed by atoms with Crippen molar-refractivity contribution in [3.8, 4) is 0 Å². The van der Waals surface area contributed by atoms with Gasteiger partial charge in [-0.1, -0.05) is 42.5 Å². The third-order valence-corrected chi connectivity index (χ3v) is 2.88. The Morgan fingerprint density at radius 1 is 1.31 bits per heavy atom. The van der Waals surface area contributed by atoms with Crippen molar-refractivity contribution < 1.29 is 0 Å². The van der Waals surface area contributed by atoms with Gasteiger partial charge in [-0.2, -0.15) is 5.21 Å². The van der Waals surface area contributed by atoms with Crippen LogP contribution < -0.4 is 5.73 Å². The molecule has 2 aromatic rings. The molecule has 2 atom stereocenters. The molecule has 1 aromatic carbocycles. The summed E-state index contributed by atoms with van der Waals surface area (Å²) in [4.78, 5) is 0. The van der Waals surface area contributed by atoms with E-state index in [0.29, 0.717) is 12.4 Å². The summed E-state index contributed by atoms with van der Waals surface area (Å²) in [5.41, 5.74) is 7.02. The lowest BCUT2D eigenvalue weighted by atomic mass is 9.87. The first-order valence-electron chi connectivity index (χ1n) is 5.31. The van der Waals surface area contributed by atoms with E-state index in [0.717, 1.165) is 0 Å². The quantitative estimate of drug-likeness (QED) is 0.802. The van der Waals surface area contributed by atoms with Gasteiger partial charge in [-0.15, -0.1) is 10.2 Å². The molecule has 0 bridgehead atoms. The molecule has 5 heteroatoms. The normalized spacial score (nSPS) is 14.6. The van der Waals surface area contributed by atoms with E-state index in [1.807, 2.05) is 18.2 Å². The highest BCUT2D eigenvalue weighted by Crippen LogP contribution is 2.29. The molecule has 1 aromatic heterocycles. The number of aromatic nitrogens is 4. The van der Waals surface area contributed by atoms with Crippen LogP contribution >= 0.6 is 0 Å². The number of nitrogens with one attached hydrogen (secondary N) is 1. The van der Waals surface area contributed by atoms with Gasteiger partial charge < -0.3 is 5.73 Å². The van der Waals surface area contributed by atoms with E-state index in [-0.39, 0.29) is 11.8 Å². The number of aromatic amines is 1. The zero-order valence-corrected chi connectivity index (χ0v) is 9.17. The van der Waals surface area contributed by atoms with Gasteiger partial charge in [0.1, 0.15) is 0 Å². The zero-order chi connectivity index (χ0) is 11.4. The maximum Gasteiger partial charge on any atom is 0.179 e. The predicted molar refractivity (Wildman–Crippen MR) is 60.8 cm³/mol. The topological polar surface area (TPSA) is 80.5 Å². The standard InChI is InChI=1S/C11H15N5/c1-8(9-5-3-2-4-6-9)10(7-12)11-13-15-16-14-11/h2-6,8,10H,7,12H2,1H3,(H,13,14,15,16). The summed E-state index contributed by atoms with van der Waals surface area (Å²) >= 11 is 0. The average Bonchev–Trinajstić information content (AvgIpc) is 2.85. The molecule has 0 aliphatic heterocycles. The van der Waals surface area contributed by atoms with Crippen LogP contribution in [0, 0.1) is 0 Å². The lowest BCUT2D eigenvalue weighted by Gasteiger charge is -2.19. The van der Waals surface area contributed by atoms with Crippen LogP contribution in [0.15, 0.2) is 30.3 Å². The van der Waals surface area contributed by atoms with Gasteiger partial charge in [-0.25, -0.2) is 0 Å². The fraction of sp³-hybridized carbons (Fsp3) is 0.364. The van der Waals surface area contributed by atoms with Crippen LogP contribution in [0.4, 0.5) is 0 Å². The van der Waals surface area contributed by atoms with Crippen molar-refractivity contribution >= 4 is 0 Å². The second kappa shape index (κ2) is 4.85. The molecule has 0 saturated heterocycles. The molecule has 0 aliphatic rings. The van der Waals surface area contributed by atoms with Gasteiger partial charge in [0.15, 0.2) is 5.82 Å². The number of benzene rings is 1. The van der Waals surface area contributed by atoms with E-state index >= 15 is 0 Å². The van der Waals surface area contributed by atoms with Gasteiger partial charge >= 0.3 is 0 Å². The molecule has 0 spiro atoms. The van der Waals surface area contributed by atoms with Crippen LogP contribution in [-0.4, -0.2) is 27.2 Å². The SMILES string of the molecule is CC(c1ccccc1)C(CN)c1nn[nH]n1. The molecule has 3 N–H and O–H groups in total. The number of hydrogen-bond acceptors (Lipinski definition) is 4. The third kappa shape index (κ3) is 2.09. The van der Waals surface area contributed by atoms with Crippen LogP contribution in [0.1, 0.15) is 30.1 Å². The highest BCUT2D eigenvalue weighted by Gasteiger charge is 2.22. The second-order valence-electron chi connectivity index (χ2n) is 3.81. The molecule has 5 nitrogen and oxygen atoms in total. The average molecular weight is 217 g/mol. The summed E-state index contributed by atoms with van der Waals surface area (Å²) < 4.78 is 0. The third-order valence-electron chi connectivity index (χ3n) is 2.88. The van der Waals surface area contributed by atoms with Gasteiger partial charge in [0.05, 0.1) is 0 Å². The fourth-order valence-electron chi connectivity index (χ4n) is 1.85. The number of nitrogens with two attached hydrogens (primary N) is 1. The molecule has 2 rings (SSSR count). The molecule has 16 heavy (non-hydrogen) atoms. The Labute approximate surface area is 94.1 Å². The van der Waals surface area contributed by atoms with E-state index in [2.05, 4.69) is 39.7 Å². The monoisotopic (exact) mass is 217 g/mol. The molecule has 0 saturated carbocycles. The number of hydrogen-bond donors (Lipinski definition) is 2. The summed E-state index contributed by atoms with van der Waals surface area (Å²) in [6.45, 7) is 2.64. The number of rotatable bonds is 4. The molecule has 0 fully saturated rings. The zero-order valence-electron chi connectivity index (χ0n) is 9.17. The summed E-state index contributed by atoms with van der Waals surface area (Å²) in [6.07, 6.45) is 0. The Balaban J connectivity index is 2.23. The molecule has 0 aliphatic carbocycles. The Morgan fingerprint density at radius 3 is 2.62 bits per heavy atom. The number of H-pyrrole nitrogens is 1. The molecular weight excluding hydrogens is 202 g/mol. The highest BCUT2D eigenvalue weighted by atomic mass is 15.5. The number of tetrazole rings is 1. The molecule has 0 amide bonds. The van der Waals surface area contributed by atoms with Crippen LogP contribution in [0.5, 0.6) is 0 Å². The van der Waals surface area contributed by atoms with Gasteiger partial charge in [0.25, 0.3) is 0 Å². The van der Waals surface area contributed by atoms with E-state index in [4.69, 9.17) is 5.73 Å². The minimum Gasteiger partial charge on any atom is -0.330 e.